The van der Waals surface area contributed by atoms with Crippen LogP contribution in [-0.4, -0.2) is 20.9 Å². The SMILES string of the molecule is [B]c1cc(C(=O)OC)c(N)cc1F. The molecule has 0 bridgehead atoms. The number of ether oxygens (including phenoxy) is 1. The van der Waals surface area contributed by atoms with Crippen molar-refractivity contribution in [1.82, 2.24) is 0 Å². The molecule has 0 saturated carbocycles. The molecule has 13 heavy (non-hydrogen) atoms. The van der Waals surface area contributed by atoms with Crippen LogP contribution in [0.1, 0.15) is 10.4 Å². The molecule has 0 amide bonds. The van der Waals surface area contributed by atoms with E-state index in [1.807, 2.05) is 0 Å². The Bertz CT molecular complexity index is 354. The zero-order valence-corrected chi connectivity index (χ0v) is 7.00. The summed E-state index contributed by atoms with van der Waals surface area (Å²) in [5.41, 5.74) is 5.32. The van der Waals surface area contributed by atoms with Gasteiger partial charge in [-0.25, -0.2) is 9.18 Å². The Hall–Kier alpha value is -1.52. The van der Waals surface area contributed by atoms with Gasteiger partial charge in [-0.3, -0.25) is 0 Å². The van der Waals surface area contributed by atoms with E-state index in [1.165, 1.54) is 7.11 Å². The predicted octanol–water partition coefficient (Wildman–Crippen LogP) is -0.0117. The topological polar surface area (TPSA) is 52.3 Å². The van der Waals surface area contributed by atoms with Crippen molar-refractivity contribution in [3.05, 3.63) is 23.5 Å². The second-order valence-electron chi connectivity index (χ2n) is 2.45. The number of nitrogen functional groups attached to an aromatic ring is 1. The summed E-state index contributed by atoms with van der Waals surface area (Å²) < 4.78 is 17.2. The summed E-state index contributed by atoms with van der Waals surface area (Å²) in [7, 11) is 6.45. The van der Waals surface area contributed by atoms with E-state index in [4.69, 9.17) is 13.6 Å². The lowest BCUT2D eigenvalue weighted by Crippen LogP contribution is -2.15. The third-order valence-corrected chi connectivity index (χ3v) is 1.57. The Kier molecular flexibility index (Phi) is 2.56. The number of hydrogen-bond donors (Lipinski definition) is 1. The minimum absolute atomic E-state index is 0.0125. The summed E-state index contributed by atoms with van der Waals surface area (Å²) in [5.74, 6) is -1.28. The van der Waals surface area contributed by atoms with Gasteiger partial charge in [0.15, 0.2) is 0 Å². The quantitative estimate of drug-likeness (QED) is 0.374. The molecule has 1 aromatic carbocycles. The van der Waals surface area contributed by atoms with E-state index in [9.17, 15) is 9.18 Å². The maximum absolute atomic E-state index is 12.8. The zero-order valence-electron chi connectivity index (χ0n) is 7.00. The predicted molar refractivity (Wildman–Crippen MR) is 47.5 cm³/mol. The summed E-state index contributed by atoms with van der Waals surface area (Å²) in [6.07, 6.45) is 0. The minimum Gasteiger partial charge on any atom is -0.465 e. The van der Waals surface area contributed by atoms with Crippen molar-refractivity contribution >= 4 is 25.0 Å². The lowest BCUT2D eigenvalue weighted by molar-refractivity contribution is 0.0602. The van der Waals surface area contributed by atoms with Gasteiger partial charge in [0.25, 0.3) is 0 Å². The summed E-state index contributed by atoms with van der Waals surface area (Å²) in [4.78, 5) is 11.0. The number of carbonyl (C=O) groups is 1. The first-order valence-corrected chi connectivity index (χ1v) is 3.49. The van der Waals surface area contributed by atoms with Crippen molar-refractivity contribution < 1.29 is 13.9 Å². The first-order valence-electron chi connectivity index (χ1n) is 3.49. The van der Waals surface area contributed by atoms with Crippen molar-refractivity contribution in [2.45, 2.75) is 0 Å². The van der Waals surface area contributed by atoms with E-state index < -0.39 is 11.8 Å². The highest BCUT2D eigenvalue weighted by molar-refractivity contribution is 6.33. The van der Waals surface area contributed by atoms with E-state index in [2.05, 4.69) is 4.74 Å². The largest absolute Gasteiger partial charge is 0.465 e. The van der Waals surface area contributed by atoms with E-state index >= 15 is 0 Å². The molecule has 0 aliphatic carbocycles. The number of rotatable bonds is 1. The number of methoxy groups -OCH3 is 1. The number of carbonyl (C=O) groups excluding carboxylic acids is 1. The molecule has 0 heterocycles. The molecule has 0 aliphatic heterocycles. The van der Waals surface area contributed by atoms with Gasteiger partial charge in [-0.2, -0.15) is 0 Å². The fourth-order valence-corrected chi connectivity index (χ4v) is 0.892. The Labute approximate surface area is 76.1 Å². The highest BCUT2D eigenvalue weighted by Crippen LogP contribution is 2.12. The van der Waals surface area contributed by atoms with Crippen LogP contribution in [0.4, 0.5) is 10.1 Å². The molecule has 5 heteroatoms. The average molecular weight is 179 g/mol. The third kappa shape index (κ3) is 1.80. The van der Waals surface area contributed by atoms with Crippen LogP contribution in [0.25, 0.3) is 0 Å². The Morgan fingerprint density at radius 3 is 2.77 bits per heavy atom. The molecule has 0 spiro atoms. The number of halogens is 1. The van der Waals surface area contributed by atoms with Gasteiger partial charge in [-0.05, 0) is 12.1 Å². The van der Waals surface area contributed by atoms with Gasteiger partial charge in [0.1, 0.15) is 13.7 Å². The van der Waals surface area contributed by atoms with Crippen LogP contribution in [-0.2, 0) is 4.74 Å². The summed E-state index contributed by atoms with van der Waals surface area (Å²) >= 11 is 0. The van der Waals surface area contributed by atoms with Gasteiger partial charge in [0.05, 0.1) is 12.7 Å². The van der Waals surface area contributed by atoms with Crippen LogP contribution in [0.5, 0.6) is 0 Å². The summed E-state index contributed by atoms with van der Waals surface area (Å²) in [5, 5.41) is 0. The second kappa shape index (κ2) is 3.47. The molecule has 0 fully saturated rings. The first kappa shape index (κ1) is 9.57. The fraction of sp³-hybridized carbons (Fsp3) is 0.125. The Morgan fingerprint density at radius 2 is 2.23 bits per heavy atom. The Balaban J connectivity index is 3.23. The molecule has 0 atom stereocenters. The first-order chi connectivity index (χ1) is 6.06. The monoisotopic (exact) mass is 179 g/mol. The smallest absolute Gasteiger partial charge is 0.339 e. The van der Waals surface area contributed by atoms with Gasteiger partial charge in [0.2, 0.25) is 0 Å². The van der Waals surface area contributed by atoms with Crippen LogP contribution in [0.2, 0.25) is 0 Å². The Morgan fingerprint density at radius 1 is 1.62 bits per heavy atom. The van der Waals surface area contributed by atoms with Crippen LogP contribution >= 0.6 is 0 Å². The van der Waals surface area contributed by atoms with E-state index in [0.717, 1.165) is 12.1 Å². The number of esters is 1. The molecule has 1 rings (SSSR count). The number of nitrogens with two attached hydrogens (primary N) is 1. The van der Waals surface area contributed by atoms with Gasteiger partial charge < -0.3 is 10.5 Å². The molecule has 0 aliphatic rings. The van der Waals surface area contributed by atoms with Crippen molar-refractivity contribution in [3.63, 3.8) is 0 Å². The molecular formula is C8H7BFNO2. The number of benzene rings is 1. The maximum atomic E-state index is 12.8. The molecule has 0 aromatic heterocycles. The average Bonchev–Trinajstić information content (AvgIpc) is 2.10. The normalized spacial score (nSPS) is 9.69. The summed E-state index contributed by atoms with van der Waals surface area (Å²) in [6.45, 7) is 0. The zero-order chi connectivity index (χ0) is 10.0. The second-order valence-corrected chi connectivity index (χ2v) is 2.45. The molecule has 0 saturated heterocycles. The molecule has 2 radical (unpaired) electrons. The standard InChI is InChI=1S/C8H7BFNO2/c1-13-8(12)4-2-5(9)6(10)3-7(4)11/h2-3H,11H2,1H3. The van der Waals surface area contributed by atoms with Crippen LogP contribution in [0, 0.1) is 5.82 Å². The van der Waals surface area contributed by atoms with Gasteiger partial charge >= 0.3 is 5.97 Å². The highest BCUT2D eigenvalue weighted by Gasteiger charge is 2.11. The minimum atomic E-state index is -0.648. The van der Waals surface area contributed by atoms with E-state index in [0.29, 0.717) is 0 Å². The van der Waals surface area contributed by atoms with Crippen LogP contribution < -0.4 is 11.2 Å². The molecule has 2 N–H and O–H groups in total. The lowest BCUT2D eigenvalue weighted by atomic mass is 9.93. The van der Waals surface area contributed by atoms with Crippen LogP contribution in [0.3, 0.4) is 0 Å². The molecule has 3 nitrogen and oxygen atoms in total. The molecular weight excluding hydrogens is 172 g/mol. The van der Waals surface area contributed by atoms with Gasteiger partial charge in [-0.1, -0.05) is 5.46 Å². The van der Waals surface area contributed by atoms with Gasteiger partial charge in [-0.15, -0.1) is 0 Å². The highest BCUT2D eigenvalue weighted by atomic mass is 19.1. The van der Waals surface area contributed by atoms with E-state index in [-0.39, 0.29) is 16.7 Å². The van der Waals surface area contributed by atoms with Crippen molar-refractivity contribution in [2.75, 3.05) is 12.8 Å². The third-order valence-electron chi connectivity index (χ3n) is 1.57. The van der Waals surface area contributed by atoms with Crippen molar-refractivity contribution in [3.8, 4) is 0 Å². The van der Waals surface area contributed by atoms with Crippen molar-refractivity contribution in [2.24, 2.45) is 0 Å². The lowest BCUT2D eigenvalue weighted by Gasteiger charge is -2.05. The van der Waals surface area contributed by atoms with Crippen LogP contribution in [0.15, 0.2) is 12.1 Å². The maximum Gasteiger partial charge on any atom is 0.339 e. The van der Waals surface area contributed by atoms with E-state index in [1.54, 1.807) is 0 Å². The molecule has 1 aromatic rings. The molecule has 66 valence electrons. The summed E-state index contributed by atoms with van der Waals surface area (Å²) in [6, 6.07) is 2.14. The molecule has 0 unspecified atom stereocenters. The van der Waals surface area contributed by atoms with Crippen molar-refractivity contribution in [1.29, 1.82) is 0 Å². The number of anilines is 1. The number of hydrogen-bond acceptors (Lipinski definition) is 3. The van der Waals surface area contributed by atoms with Gasteiger partial charge in [0, 0.05) is 5.69 Å². The fourth-order valence-electron chi connectivity index (χ4n) is 0.892.